The van der Waals surface area contributed by atoms with Crippen LogP contribution in [0, 0.1) is 6.92 Å². The Morgan fingerprint density at radius 1 is 1.21 bits per heavy atom. The Balaban J connectivity index is 2.39. The molecular weight excluding hydrogens is 342 g/mol. The van der Waals surface area contributed by atoms with Gasteiger partial charge in [-0.1, -0.05) is 37.3 Å². The van der Waals surface area contributed by atoms with Gasteiger partial charge in [-0.15, -0.1) is 0 Å². The van der Waals surface area contributed by atoms with E-state index in [4.69, 9.17) is 4.98 Å². The fourth-order valence-corrected chi connectivity index (χ4v) is 3.07. The minimum absolute atomic E-state index is 0.479. The minimum Gasteiger partial charge on any atom is -0.378 e. The molecule has 2 aromatic rings. The number of aryl methyl sites for hydroxylation is 1. The molecule has 0 bridgehead atoms. The van der Waals surface area contributed by atoms with Gasteiger partial charge >= 0.3 is 0 Å². The maximum atomic E-state index is 4.89. The molecule has 0 spiro atoms. The first-order valence-electron chi connectivity index (χ1n) is 9.98. The van der Waals surface area contributed by atoms with E-state index in [-0.39, 0.29) is 0 Å². The third kappa shape index (κ3) is 5.41. The summed E-state index contributed by atoms with van der Waals surface area (Å²) in [5.74, 6) is 0. The molecule has 0 amide bonds. The number of hydrogen-bond donors (Lipinski definition) is 0. The normalized spacial score (nSPS) is 12.9. The Labute approximate surface area is 170 Å². The van der Waals surface area contributed by atoms with Crippen molar-refractivity contribution in [2.45, 2.75) is 47.1 Å². The number of aliphatic imine (C=N–C) groups is 1. The van der Waals surface area contributed by atoms with E-state index in [9.17, 15) is 0 Å². The number of nitrogens with zero attached hydrogens (tertiary/aromatic N) is 3. The van der Waals surface area contributed by atoms with Crippen molar-refractivity contribution in [2.75, 3.05) is 14.1 Å². The van der Waals surface area contributed by atoms with Crippen LogP contribution < -0.4 is 0 Å². The first kappa shape index (κ1) is 21.6. The molecule has 28 heavy (non-hydrogen) atoms. The standard InChI is InChI=1S/C25H33N3/c1-8-10-23(16-26-6)24-13-14-25(27-20(24)5)22-12-9-11-21(15-22)19(4)17-28(7)18(2)3/h9-18H,8H2,1-7H3/b19-17+,23-10+,26-16?. The van der Waals surface area contributed by atoms with Gasteiger partial charge in [-0.25, -0.2) is 0 Å². The lowest BCUT2D eigenvalue weighted by atomic mass is 10.00. The number of hydrogen-bond acceptors (Lipinski definition) is 3. The van der Waals surface area contributed by atoms with Crippen LogP contribution in [0.15, 0.2) is 53.7 Å². The summed E-state index contributed by atoms with van der Waals surface area (Å²) in [6, 6.07) is 13.3. The number of pyridine rings is 1. The van der Waals surface area contributed by atoms with Crippen LogP contribution in [-0.4, -0.2) is 36.2 Å². The Morgan fingerprint density at radius 2 is 1.96 bits per heavy atom. The van der Waals surface area contributed by atoms with Crippen molar-refractivity contribution in [3.63, 3.8) is 0 Å². The molecule has 3 heteroatoms. The van der Waals surface area contributed by atoms with Crippen molar-refractivity contribution < 1.29 is 0 Å². The summed E-state index contributed by atoms with van der Waals surface area (Å²) in [4.78, 5) is 11.3. The van der Waals surface area contributed by atoms with Crippen LogP contribution in [0.25, 0.3) is 22.4 Å². The van der Waals surface area contributed by atoms with E-state index in [1.807, 2.05) is 6.21 Å². The smallest absolute Gasteiger partial charge is 0.0705 e. The van der Waals surface area contributed by atoms with Crippen molar-refractivity contribution >= 4 is 17.4 Å². The quantitative estimate of drug-likeness (QED) is 0.535. The maximum Gasteiger partial charge on any atom is 0.0705 e. The van der Waals surface area contributed by atoms with Gasteiger partial charge in [-0.3, -0.25) is 9.98 Å². The maximum absolute atomic E-state index is 4.89. The summed E-state index contributed by atoms with van der Waals surface area (Å²) < 4.78 is 0. The zero-order valence-corrected chi connectivity index (χ0v) is 18.3. The van der Waals surface area contributed by atoms with E-state index in [1.54, 1.807) is 7.05 Å². The number of rotatable bonds is 7. The van der Waals surface area contributed by atoms with Crippen molar-refractivity contribution in [1.82, 2.24) is 9.88 Å². The highest BCUT2D eigenvalue weighted by atomic mass is 15.1. The molecule has 1 heterocycles. The lowest BCUT2D eigenvalue weighted by molar-refractivity contribution is 0.377. The van der Waals surface area contributed by atoms with Crippen molar-refractivity contribution in [2.24, 2.45) is 4.99 Å². The van der Waals surface area contributed by atoms with Crippen LogP contribution >= 0.6 is 0 Å². The van der Waals surface area contributed by atoms with Gasteiger partial charge in [0.15, 0.2) is 0 Å². The van der Waals surface area contributed by atoms with Crippen LogP contribution in [-0.2, 0) is 0 Å². The molecule has 0 radical (unpaired) electrons. The predicted octanol–water partition coefficient (Wildman–Crippen LogP) is 6.25. The van der Waals surface area contributed by atoms with Crippen molar-refractivity contribution in [1.29, 1.82) is 0 Å². The highest BCUT2D eigenvalue weighted by molar-refractivity contribution is 6.10. The Hall–Kier alpha value is -2.68. The molecule has 2 rings (SSSR count). The van der Waals surface area contributed by atoms with E-state index in [0.29, 0.717) is 6.04 Å². The second-order valence-corrected chi connectivity index (χ2v) is 7.44. The van der Waals surface area contributed by atoms with Gasteiger partial charge in [-0.05, 0) is 63.0 Å². The SMILES string of the molecule is CC/C=C(\C=NC)c1ccc(-c2cccc(/C(C)=C/N(C)C(C)C)c2)nc1C. The fraction of sp³-hybridized carbons (Fsp3) is 0.360. The summed E-state index contributed by atoms with van der Waals surface area (Å²) in [5, 5.41) is 0. The van der Waals surface area contributed by atoms with Gasteiger partial charge in [0, 0.05) is 49.4 Å². The predicted molar refractivity (Wildman–Crippen MR) is 124 cm³/mol. The molecule has 3 nitrogen and oxygen atoms in total. The molecule has 1 aromatic carbocycles. The van der Waals surface area contributed by atoms with Gasteiger partial charge in [0.25, 0.3) is 0 Å². The molecule has 148 valence electrons. The molecule has 0 aliphatic heterocycles. The van der Waals surface area contributed by atoms with Crippen LogP contribution in [0.3, 0.4) is 0 Å². The summed E-state index contributed by atoms with van der Waals surface area (Å²) >= 11 is 0. The number of aromatic nitrogens is 1. The molecule has 0 fully saturated rings. The van der Waals surface area contributed by atoms with Crippen molar-refractivity contribution in [3.05, 3.63) is 65.5 Å². The third-order valence-electron chi connectivity index (χ3n) is 4.91. The molecule has 0 N–H and O–H groups in total. The lowest BCUT2D eigenvalue weighted by Gasteiger charge is -2.20. The van der Waals surface area contributed by atoms with E-state index in [2.05, 4.69) is 100 Å². The number of benzene rings is 1. The monoisotopic (exact) mass is 375 g/mol. The van der Waals surface area contributed by atoms with Gasteiger partial charge in [0.1, 0.15) is 0 Å². The Morgan fingerprint density at radius 3 is 2.57 bits per heavy atom. The average molecular weight is 376 g/mol. The average Bonchev–Trinajstić information content (AvgIpc) is 2.67. The summed E-state index contributed by atoms with van der Waals surface area (Å²) in [6.45, 7) is 10.8. The van der Waals surface area contributed by atoms with E-state index in [0.717, 1.165) is 34.5 Å². The zero-order chi connectivity index (χ0) is 20.7. The Kier molecular flexibility index (Phi) is 7.74. The van der Waals surface area contributed by atoms with E-state index < -0.39 is 0 Å². The van der Waals surface area contributed by atoms with Gasteiger partial charge < -0.3 is 4.90 Å². The third-order valence-corrected chi connectivity index (χ3v) is 4.91. The first-order valence-corrected chi connectivity index (χ1v) is 9.98. The van der Waals surface area contributed by atoms with Gasteiger partial charge in [0.2, 0.25) is 0 Å². The van der Waals surface area contributed by atoms with Crippen LogP contribution in [0.5, 0.6) is 0 Å². The molecular formula is C25H33N3. The highest BCUT2D eigenvalue weighted by Gasteiger charge is 2.08. The summed E-state index contributed by atoms with van der Waals surface area (Å²) in [7, 11) is 3.92. The van der Waals surface area contributed by atoms with E-state index in [1.165, 1.54) is 11.1 Å². The fourth-order valence-electron chi connectivity index (χ4n) is 3.07. The van der Waals surface area contributed by atoms with Gasteiger partial charge in [-0.2, -0.15) is 0 Å². The van der Waals surface area contributed by atoms with Gasteiger partial charge in [0.05, 0.1) is 5.69 Å². The molecule has 0 aliphatic rings. The highest BCUT2D eigenvalue weighted by Crippen LogP contribution is 2.26. The number of allylic oxidation sites excluding steroid dienone is 3. The van der Waals surface area contributed by atoms with E-state index >= 15 is 0 Å². The van der Waals surface area contributed by atoms with Crippen LogP contribution in [0.4, 0.5) is 0 Å². The summed E-state index contributed by atoms with van der Waals surface area (Å²) in [5.41, 5.74) is 7.90. The Bertz CT molecular complexity index is 888. The van der Waals surface area contributed by atoms with Crippen LogP contribution in [0.2, 0.25) is 0 Å². The largest absolute Gasteiger partial charge is 0.378 e. The van der Waals surface area contributed by atoms with Crippen molar-refractivity contribution in [3.8, 4) is 11.3 Å². The van der Waals surface area contributed by atoms with Crippen LogP contribution in [0.1, 0.15) is 50.9 Å². The second-order valence-electron chi connectivity index (χ2n) is 7.44. The zero-order valence-electron chi connectivity index (χ0n) is 18.3. The molecule has 0 saturated heterocycles. The minimum atomic E-state index is 0.479. The molecule has 0 saturated carbocycles. The lowest BCUT2D eigenvalue weighted by Crippen LogP contribution is -2.20. The molecule has 1 aromatic heterocycles. The second kappa shape index (κ2) is 10.0. The summed E-state index contributed by atoms with van der Waals surface area (Å²) in [6.07, 6.45) is 7.28. The molecule has 0 unspecified atom stereocenters. The first-order chi connectivity index (χ1) is 13.4. The molecule has 0 aliphatic carbocycles. The topological polar surface area (TPSA) is 28.5 Å². The molecule has 0 atom stereocenters.